The number of benzene rings is 4. The van der Waals surface area contributed by atoms with Crippen LogP contribution >= 0.6 is 0 Å². The van der Waals surface area contributed by atoms with Crippen LogP contribution in [0.2, 0.25) is 0 Å². The number of carbonyl (C=O) groups excluding carboxylic acids is 10. The van der Waals surface area contributed by atoms with Gasteiger partial charge in [-0.3, -0.25) is 0 Å². The van der Waals surface area contributed by atoms with Crippen LogP contribution in [0.15, 0.2) is 77.7 Å². The second-order valence-corrected chi connectivity index (χ2v) is 12.3. The molecule has 0 N–H and O–H groups in total. The Morgan fingerprint density at radius 2 is 0.782 bits per heavy atom. The SMILES string of the molecule is O=C(OCCOC(=O)c1ccc2c(c1)C(=O)OC2=O)c1ccc2c(c1)C(=O)OC2=O.O=C1OC(=O)c2cc(OS(=O)c3ccc4c(c3)C(=O)OC4=O)ccc21. The summed E-state index contributed by atoms with van der Waals surface area (Å²) in [5.41, 5.74) is 0.304. The summed E-state index contributed by atoms with van der Waals surface area (Å²) in [5, 5.41) is 0. The monoisotopic (exact) mass is 768 g/mol. The van der Waals surface area contributed by atoms with Crippen molar-refractivity contribution in [2.75, 3.05) is 13.2 Å². The first kappa shape index (κ1) is 35.7. The molecule has 0 amide bonds. The summed E-state index contributed by atoms with van der Waals surface area (Å²) in [4.78, 5) is 116. The van der Waals surface area contributed by atoms with Crippen LogP contribution in [0.3, 0.4) is 0 Å². The van der Waals surface area contributed by atoms with E-state index < -0.39 is 70.8 Å². The second kappa shape index (κ2) is 14.0. The van der Waals surface area contributed by atoms with Crippen molar-refractivity contribution < 1.29 is 84.8 Å². The van der Waals surface area contributed by atoms with Crippen molar-refractivity contribution in [2.45, 2.75) is 4.90 Å². The van der Waals surface area contributed by atoms with Gasteiger partial charge in [0.25, 0.3) is 0 Å². The molecule has 55 heavy (non-hydrogen) atoms. The number of esters is 10. The van der Waals surface area contributed by atoms with Gasteiger partial charge < -0.3 is 32.6 Å². The van der Waals surface area contributed by atoms with Gasteiger partial charge in [-0.15, -0.1) is 0 Å². The zero-order valence-corrected chi connectivity index (χ0v) is 27.9. The Labute approximate surface area is 307 Å². The van der Waals surface area contributed by atoms with Gasteiger partial charge in [0, 0.05) is 0 Å². The minimum Gasteiger partial charge on any atom is -0.458 e. The average molecular weight is 769 g/mol. The molecule has 0 aromatic heterocycles. The number of ether oxygens (including phenoxy) is 6. The smallest absolute Gasteiger partial charge is 0.347 e. The van der Waals surface area contributed by atoms with Crippen LogP contribution in [-0.2, 0) is 39.5 Å². The first-order valence-electron chi connectivity index (χ1n) is 15.4. The molecule has 0 saturated heterocycles. The number of rotatable bonds is 8. The molecular formula is C36H16O18S. The van der Waals surface area contributed by atoms with E-state index in [1.807, 2.05) is 0 Å². The molecule has 8 rings (SSSR count). The predicted molar refractivity (Wildman–Crippen MR) is 172 cm³/mol. The molecule has 274 valence electrons. The third-order valence-corrected chi connectivity index (χ3v) is 8.89. The first-order chi connectivity index (χ1) is 26.3. The molecule has 4 aliphatic rings. The molecular weight excluding hydrogens is 752 g/mol. The lowest BCUT2D eigenvalue weighted by atomic mass is 10.1. The number of carbonyl (C=O) groups is 10. The molecule has 1 unspecified atom stereocenters. The zero-order chi connectivity index (χ0) is 39.1. The normalized spacial score (nSPS) is 15.0. The summed E-state index contributed by atoms with van der Waals surface area (Å²) in [5.74, 6) is -7.93. The maximum Gasteiger partial charge on any atom is 0.347 e. The highest BCUT2D eigenvalue weighted by Crippen LogP contribution is 2.28. The summed E-state index contributed by atoms with van der Waals surface area (Å²) < 4.78 is 45.3. The molecule has 0 aliphatic carbocycles. The fraction of sp³-hybridized carbons (Fsp3) is 0.0556. The zero-order valence-electron chi connectivity index (χ0n) is 27.1. The molecule has 18 nitrogen and oxygen atoms in total. The molecule has 4 aromatic carbocycles. The van der Waals surface area contributed by atoms with Gasteiger partial charge in [0.05, 0.1) is 60.5 Å². The van der Waals surface area contributed by atoms with E-state index >= 15 is 0 Å². The van der Waals surface area contributed by atoms with E-state index in [0.29, 0.717) is 0 Å². The summed E-state index contributed by atoms with van der Waals surface area (Å²) in [7, 11) is 0. The summed E-state index contributed by atoms with van der Waals surface area (Å²) >= 11 is -2.03. The minimum absolute atomic E-state index is 0.00239. The third-order valence-electron chi connectivity index (χ3n) is 7.91. The standard InChI is InChI=1S/C20H10O10.C16H6O8S/c21-15(9-1-3-11-13(7-9)19(25)29-17(11)23)27-5-6-28-16(22)10-2-4-12-14(8-10)20(26)30-18(12)24;17-13-9-3-1-7(5-11(9)15(19)22-13)24-25(21)8-2-4-10-12(6-8)16(20)23-14(10)18/h1-4,7-8H,5-6H2;1-6H. The predicted octanol–water partition coefficient (Wildman–Crippen LogP) is 2.73. The summed E-state index contributed by atoms with van der Waals surface area (Å²) in [6.07, 6.45) is 0. The van der Waals surface area contributed by atoms with Crippen LogP contribution in [0.5, 0.6) is 5.75 Å². The lowest BCUT2D eigenvalue weighted by Gasteiger charge is -2.07. The highest BCUT2D eigenvalue weighted by molar-refractivity contribution is 7.80. The van der Waals surface area contributed by atoms with Crippen molar-refractivity contribution in [3.05, 3.63) is 128 Å². The van der Waals surface area contributed by atoms with Gasteiger partial charge in [-0.2, -0.15) is 0 Å². The Kier molecular flexibility index (Phi) is 9.12. The van der Waals surface area contributed by atoms with Gasteiger partial charge >= 0.3 is 59.7 Å². The molecule has 4 heterocycles. The number of hydrogen-bond donors (Lipinski definition) is 0. The number of hydrogen-bond acceptors (Lipinski definition) is 18. The molecule has 4 aromatic rings. The minimum atomic E-state index is -2.03. The Hall–Kier alpha value is -7.67. The third kappa shape index (κ3) is 6.84. The Morgan fingerprint density at radius 1 is 0.436 bits per heavy atom. The van der Waals surface area contributed by atoms with Crippen LogP contribution in [0.25, 0.3) is 0 Å². The van der Waals surface area contributed by atoms with Gasteiger partial charge in [-0.1, -0.05) is 0 Å². The van der Waals surface area contributed by atoms with Crippen molar-refractivity contribution in [3.8, 4) is 5.75 Å². The fourth-order valence-corrected chi connectivity index (χ4v) is 6.05. The van der Waals surface area contributed by atoms with Crippen molar-refractivity contribution >= 4 is 70.8 Å². The van der Waals surface area contributed by atoms with Crippen LogP contribution in [-0.4, -0.2) is 77.1 Å². The highest BCUT2D eigenvalue weighted by atomic mass is 32.2. The van der Waals surface area contributed by atoms with Gasteiger partial charge in [-0.05, 0) is 72.8 Å². The van der Waals surface area contributed by atoms with E-state index in [0.717, 1.165) is 0 Å². The van der Waals surface area contributed by atoms with E-state index in [1.165, 1.54) is 72.8 Å². The van der Waals surface area contributed by atoms with Gasteiger partial charge in [0.15, 0.2) is 0 Å². The molecule has 1 atom stereocenters. The second-order valence-electron chi connectivity index (χ2n) is 11.2. The Morgan fingerprint density at radius 3 is 1.22 bits per heavy atom. The van der Waals surface area contributed by atoms with E-state index in [1.54, 1.807) is 0 Å². The molecule has 0 saturated carbocycles. The van der Waals surface area contributed by atoms with E-state index in [-0.39, 0.29) is 79.5 Å². The van der Waals surface area contributed by atoms with Crippen LogP contribution in [0, 0.1) is 0 Å². The summed E-state index contributed by atoms with van der Waals surface area (Å²) in [6, 6.07) is 15.4. The van der Waals surface area contributed by atoms with Crippen molar-refractivity contribution in [3.63, 3.8) is 0 Å². The molecule has 0 fully saturated rings. The first-order valence-corrected chi connectivity index (χ1v) is 16.4. The molecule has 0 bridgehead atoms. The number of fused-ring (bicyclic) bond motifs is 4. The molecule has 0 spiro atoms. The van der Waals surface area contributed by atoms with Gasteiger partial charge in [0.2, 0.25) is 11.1 Å². The summed E-state index contributed by atoms with van der Waals surface area (Å²) in [6.45, 7) is -0.562. The van der Waals surface area contributed by atoms with E-state index in [4.69, 9.17) is 13.7 Å². The van der Waals surface area contributed by atoms with Crippen LogP contribution in [0.4, 0.5) is 0 Å². The van der Waals surface area contributed by atoms with E-state index in [9.17, 15) is 52.2 Å². The van der Waals surface area contributed by atoms with Crippen molar-refractivity contribution in [1.29, 1.82) is 0 Å². The van der Waals surface area contributed by atoms with Gasteiger partial charge in [0.1, 0.15) is 19.0 Å². The lowest BCUT2D eigenvalue weighted by Crippen LogP contribution is -2.15. The number of cyclic esters (lactones) is 8. The van der Waals surface area contributed by atoms with E-state index in [2.05, 4.69) is 18.9 Å². The van der Waals surface area contributed by atoms with Crippen LogP contribution in [0.1, 0.15) is 104 Å². The lowest BCUT2D eigenvalue weighted by molar-refractivity contribution is 0.0265. The van der Waals surface area contributed by atoms with Crippen LogP contribution < -0.4 is 4.18 Å². The molecule has 0 radical (unpaired) electrons. The Balaban J connectivity index is 0.000000172. The maximum absolute atomic E-state index is 12.3. The highest BCUT2D eigenvalue weighted by Gasteiger charge is 2.34. The van der Waals surface area contributed by atoms with Crippen molar-refractivity contribution in [1.82, 2.24) is 0 Å². The fourth-order valence-electron chi connectivity index (χ4n) is 5.28. The Bertz CT molecular complexity index is 2440. The quantitative estimate of drug-likeness (QED) is 0.108. The van der Waals surface area contributed by atoms with Gasteiger partial charge in [-0.25, -0.2) is 52.2 Å². The average Bonchev–Trinajstić information content (AvgIpc) is 3.84. The molecule has 19 heteroatoms. The molecule has 4 aliphatic heterocycles. The van der Waals surface area contributed by atoms with Crippen molar-refractivity contribution in [2.24, 2.45) is 0 Å². The maximum atomic E-state index is 12.3. The largest absolute Gasteiger partial charge is 0.458 e. The topological polar surface area (TPSA) is 252 Å².